The van der Waals surface area contributed by atoms with E-state index in [1.165, 1.54) is 6.26 Å². The second-order valence-corrected chi connectivity index (χ2v) is 9.76. The maximum Gasteiger partial charge on any atom is 0.256 e. The van der Waals surface area contributed by atoms with Crippen LogP contribution in [0, 0.1) is 0 Å². The molecule has 1 unspecified atom stereocenters. The van der Waals surface area contributed by atoms with E-state index < -0.39 is 10.0 Å². The highest BCUT2D eigenvalue weighted by Crippen LogP contribution is 2.24. The van der Waals surface area contributed by atoms with E-state index in [4.69, 9.17) is 4.74 Å². The van der Waals surface area contributed by atoms with Gasteiger partial charge in [0.1, 0.15) is 0 Å². The summed E-state index contributed by atoms with van der Waals surface area (Å²) in [6, 6.07) is 0.542. The first-order valence-corrected chi connectivity index (χ1v) is 11.6. The molecule has 1 aromatic heterocycles. The highest BCUT2D eigenvalue weighted by atomic mass is 32.2. The molecule has 3 rings (SSSR count). The molecule has 1 amide bonds. The summed E-state index contributed by atoms with van der Waals surface area (Å²) >= 11 is 0. The van der Waals surface area contributed by atoms with Crippen molar-refractivity contribution in [3.05, 3.63) is 18.0 Å². The molecule has 1 atom stereocenters. The fourth-order valence-electron chi connectivity index (χ4n) is 4.08. The van der Waals surface area contributed by atoms with Gasteiger partial charge < -0.3 is 9.64 Å². The SMILES string of the molecule is CN(CCN(C1CCOCC1)C1CCN(S(C)(=O)=O)C1)C(=O)c1cnn(C)c1. The van der Waals surface area contributed by atoms with Crippen molar-refractivity contribution >= 4 is 15.9 Å². The third-order valence-electron chi connectivity index (χ3n) is 5.72. The van der Waals surface area contributed by atoms with Gasteiger partial charge in [-0.2, -0.15) is 5.10 Å². The molecule has 2 aliphatic rings. The van der Waals surface area contributed by atoms with Gasteiger partial charge in [0.25, 0.3) is 5.91 Å². The van der Waals surface area contributed by atoms with Crippen molar-refractivity contribution in [2.24, 2.45) is 7.05 Å². The molecule has 0 spiro atoms. The van der Waals surface area contributed by atoms with Crippen molar-refractivity contribution in [1.29, 1.82) is 0 Å². The number of rotatable bonds is 7. The van der Waals surface area contributed by atoms with E-state index in [2.05, 4.69) is 10.00 Å². The molecule has 10 heteroatoms. The molecule has 2 fully saturated rings. The fraction of sp³-hybridized carbons (Fsp3) is 0.778. The Hall–Kier alpha value is -1.49. The Bertz CT molecular complexity index is 775. The molecule has 9 nitrogen and oxygen atoms in total. The molecule has 158 valence electrons. The second kappa shape index (κ2) is 8.89. The van der Waals surface area contributed by atoms with Crippen LogP contribution >= 0.6 is 0 Å². The van der Waals surface area contributed by atoms with Crippen LogP contribution in [0.25, 0.3) is 0 Å². The van der Waals surface area contributed by atoms with E-state index in [0.29, 0.717) is 31.2 Å². The van der Waals surface area contributed by atoms with E-state index in [1.807, 2.05) is 0 Å². The minimum absolute atomic E-state index is 0.0517. The summed E-state index contributed by atoms with van der Waals surface area (Å²) < 4.78 is 32.5. The lowest BCUT2D eigenvalue weighted by Crippen LogP contribution is -2.50. The average Bonchev–Trinajstić information content (AvgIpc) is 3.31. The standard InChI is InChI=1S/C18H31N5O4S/c1-20(18(24)15-12-19-21(2)13-15)8-9-23(16-5-10-27-11-6-16)17-4-7-22(14-17)28(3,25)26/h12-13,16-17H,4-11,14H2,1-3H3. The third kappa shape index (κ3) is 5.11. The maximum absolute atomic E-state index is 12.6. The largest absolute Gasteiger partial charge is 0.381 e. The van der Waals surface area contributed by atoms with Crippen LogP contribution in [0.4, 0.5) is 0 Å². The molecule has 2 saturated heterocycles. The maximum atomic E-state index is 12.6. The summed E-state index contributed by atoms with van der Waals surface area (Å²) in [5.41, 5.74) is 0.576. The zero-order valence-electron chi connectivity index (χ0n) is 17.0. The van der Waals surface area contributed by atoms with Crippen LogP contribution in [0.2, 0.25) is 0 Å². The van der Waals surface area contributed by atoms with Crippen LogP contribution in [0.1, 0.15) is 29.6 Å². The molecular weight excluding hydrogens is 382 g/mol. The van der Waals surface area contributed by atoms with Gasteiger partial charge in [-0.1, -0.05) is 0 Å². The van der Waals surface area contributed by atoms with Crippen molar-refractivity contribution in [3.8, 4) is 0 Å². The van der Waals surface area contributed by atoms with Gasteiger partial charge in [0, 0.05) is 71.8 Å². The summed E-state index contributed by atoms with van der Waals surface area (Å²) in [6.07, 6.45) is 7.27. The number of likely N-dealkylation sites (N-methyl/N-ethyl adjacent to an activating group) is 1. The minimum Gasteiger partial charge on any atom is -0.381 e. The van der Waals surface area contributed by atoms with Crippen LogP contribution in [-0.4, -0.2) is 103 Å². The van der Waals surface area contributed by atoms with Crippen molar-refractivity contribution < 1.29 is 17.9 Å². The quantitative estimate of drug-likeness (QED) is 0.626. The first kappa shape index (κ1) is 21.2. The Morgan fingerprint density at radius 2 is 1.96 bits per heavy atom. The number of aromatic nitrogens is 2. The third-order valence-corrected chi connectivity index (χ3v) is 6.99. The van der Waals surface area contributed by atoms with Crippen LogP contribution in [-0.2, 0) is 21.8 Å². The van der Waals surface area contributed by atoms with Gasteiger partial charge in [-0.15, -0.1) is 0 Å². The van der Waals surface area contributed by atoms with Gasteiger partial charge in [-0.3, -0.25) is 14.4 Å². The Morgan fingerprint density at radius 1 is 1.25 bits per heavy atom. The number of ether oxygens (including phenoxy) is 1. The Balaban J connectivity index is 1.65. The normalized spacial score (nSPS) is 22.1. The number of aryl methyl sites for hydroxylation is 1. The smallest absolute Gasteiger partial charge is 0.256 e. The molecule has 0 aromatic carbocycles. The average molecular weight is 414 g/mol. The highest BCUT2D eigenvalue weighted by molar-refractivity contribution is 7.88. The summed E-state index contributed by atoms with van der Waals surface area (Å²) in [6.45, 7) is 3.85. The van der Waals surface area contributed by atoms with E-state index in [1.54, 1.807) is 40.4 Å². The van der Waals surface area contributed by atoms with E-state index in [9.17, 15) is 13.2 Å². The lowest BCUT2D eigenvalue weighted by atomic mass is 10.0. The van der Waals surface area contributed by atoms with E-state index in [0.717, 1.165) is 39.0 Å². The molecule has 0 bridgehead atoms. The summed E-state index contributed by atoms with van der Waals surface area (Å²) in [4.78, 5) is 16.7. The lowest BCUT2D eigenvalue weighted by molar-refractivity contribution is 0.0158. The Kier molecular flexibility index (Phi) is 6.74. The topological polar surface area (TPSA) is 88.0 Å². The number of hydrogen-bond acceptors (Lipinski definition) is 6. The van der Waals surface area contributed by atoms with Crippen LogP contribution in [0.5, 0.6) is 0 Å². The number of nitrogens with zero attached hydrogens (tertiary/aromatic N) is 5. The Morgan fingerprint density at radius 3 is 2.54 bits per heavy atom. The van der Waals surface area contributed by atoms with Gasteiger partial charge in [0.15, 0.2) is 0 Å². The molecule has 28 heavy (non-hydrogen) atoms. The number of hydrogen-bond donors (Lipinski definition) is 0. The molecular formula is C18H31N5O4S. The lowest BCUT2D eigenvalue weighted by Gasteiger charge is -2.39. The molecule has 2 aliphatic heterocycles. The summed E-state index contributed by atoms with van der Waals surface area (Å²) in [5.74, 6) is -0.0517. The second-order valence-electron chi connectivity index (χ2n) is 7.77. The van der Waals surface area contributed by atoms with Gasteiger partial charge in [0.2, 0.25) is 10.0 Å². The molecule has 3 heterocycles. The predicted molar refractivity (Wildman–Crippen MR) is 106 cm³/mol. The Labute approximate surface area is 167 Å². The van der Waals surface area contributed by atoms with Crippen LogP contribution in [0.15, 0.2) is 12.4 Å². The zero-order valence-corrected chi connectivity index (χ0v) is 17.8. The molecule has 0 saturated carbocycles. The number of carbonyl (C=O) groups is 1. The molecule has 0 N–H and O–H groups in total. The van der Waals surface area contributed by atoms with Crippen molar-refractivity contribution in [3.63, 3.8) is 0 Å². The van der Waals surface area contributed by atoms with Crippen molar-refractivity contribution in [1.82, 2.24) is 23.9 Å². The summed E-state index contributed by atoms with van der Waals surface area (Å²) in [7, 11) is 0.420. The number of sulfonamides is 1. The van der Waals surface area contributed by atoms with Crippen molar-refractivity contribution in [2.45, 2.75) is 31.3 Å². The molecule has 1 aromatic rings. The minimum atomic E-state index is -3.17. The zero-order chi connectivity index (χ0) is 20.3. The van der Waals surface area contributed by atoms with Crippen LogP contribution in [0.3, 0.4) is 0 Å². The first-order valence-electron chi connectivity index (χ1n) is 9.78. The monoisotopic (exact) mass is 413 g/mol. The van der Waals surface area contributed by atoms with Gasteiger partial charge in [0.05, 0.1) is 18.0 Å². The van der Waals surface area contributed by atoms with E-state index in [-0.39, 0.29) is 11.9 Å². The number of amides is 1. The number of carbonyl (C=O) groups excluding carboxylic acids is 1. The van der Waals surface area contributed by atoms with Gasteiger partial charge >= 0.3 is 0 Å². The van der Waals surface area contributed by atoms with E-state index >= 15 is 0 Å². The molecule has 0 radical (unpaired) electrons. The highest BCUT2D eigenvalue weighted by Gasteiger charge is 2.36. The predicted octanol–water partition coefficient (Wildman–Crippen LogP) is 0.00700. The first-order chi connectivity index (χ1) is 13.3. The van der Waals surface area contributed by atoms with Crippen LogP contribution < -0.4 is 0 Å². The molecule has 0 aliphatic carbocycles. The summed E-state index contributed by atoms with van der Waals surface area (Å²) in [5, 5.41) is 4.07. The van der Waals surface area contributed by atoms with Gasteiger partial charge in [-0.05, 0) is 19.3 Å². The fourth-order valence-corrected chi connectivity index (χ4v) is 4.96. The van der Waals surface area contributed by atoms with Crippen molar-refractivity contribution in [2.75, 3.05) is 52.7 Å². The van der Waals surface area contributed by atoms with Gasteiger partial charge in [-0.25, -0.2) is 12.7 Å².